The molecule has 0 amide bonds. The molecule has 210 valence electrons. The molecule has 2 aliphatic heterocycles. The minimum atomic E-state index is 0. The molecule has 2 aliphatic rings. The van der Waals surface area contributed by atoms with E-state index in [1.54, 1.807) is 24.8 Å². The van der Waals surface area contributed by atoms with E-state index >= 15 is 0 Å². The summed E-state index contributed by atoms with van der Waals surface area (Å²) in [6.07, 6.45) is 6.87. The summed E-state index contributed by atoms with van der Waals surface area (Å²) >= 11 is 0. The van der Waals surface area contributed by atoms with E-state index in [9.17, 15) is 0 Å². The maximum absolute atomic E-state index is 4.42. The van der Waals surface area contributed by atoms with E-state index in [-0.39, 0.29) is 52.6 Å². The Hall–Kier alpha value is -2.61. The number of hydrogen-bond donors (Lipinski definition) is 0. The van der Waals surface area contributed by atoms with Crippen LogP contribution in [0.1, 0.15) is 27.7 Å². The monoisotopic (exact) mass is 898 g/mol. The molecule has 4 aromatic rings. The fraction of sp³-hybridized carbons (Fsp3) is 0.214. The van der Waals surface area contributed by atoms with Crippen LogP contribution in [-0.2, 0) is 40.2 Å². The van der Waals surface area contributed by atoms with Gasteiger partial charge in [0.1, 0.15) is 23.3 Å². The van der Waals surface area contributed by atoms with E-state index in [4.69, 9.17) is 0 Å². The largest absolute Gasteiger partial charge is 0.483 e. The fourth-order valence-electron chi connectivity index (χ4n) is 3.99. The van der Waals surface area contributed by atoms with Crippen molar-refractivity contribution in [1.29, 1.82) is 0 Å². The van der Waals surface area contributed by atoms with Crippen LogP contribution in [0.25, 0.3) is 0 Å². The average Bonchev–Trinajstić information content (AvgIpc) is 3.50. The summed E-state index contributed by atoms with van der Waals surface area (Å²) in [6.45, 7) is 12.6. The molecule has 0 bridgehead atoms. The minimum Gasteiger partial charge on any atom is -0.483 e. The van der Waals surface area contributed by atoms with Crippen molar-refractivity contribution in [1.82, 2.24) is 19.9 Å². The Balaban J connectivity index is 0.000000254. The number of fused-ring (bicyclic) bond motifs is 2. The number of anilines is 6. The number of benzene rings is 2. The van der Waals surface area contributed by atoms with E-state index < -0.39 is 0 Å². The van der Waals surface area contributed by atoms with Gasteiger partial charge in [-0.2, -0.15) is 60.7 Å². The van der Waals surface area contributed by atoms with Gasteiger partial charge < -0.3 is 19.6 Å². The van der Waals surface area contributed by atoms with Gasteiger partial charge in [-0.15, -0.1) is 37.1 Å². The van der Waals surface area contributed by atoms with Gasteiger partial charge in [0, 0.05) is 65.0 Å². The molecule has 2 aromatic heterocycles. The number of nitrogens with zero attached hydrogens (tertiary/aromatic N) is 8. The third kappa shape index (κ3) is 6.94. The molecule has 0 unspecified atom stereocenters. The summed E-state index contributed by atoms with van der Waals surface area (Å²) in [5.74, 6) is 3.50. The predicted octanol–water partition coefficient (Wildman–Crippen LogP) is 5.94. The summed E-state index contributed by atoms with van der Waals surface area (Å²) in [4.78, 5) is 25.9. The second-order valence-electron chi connectivity index (χ2n) is 8.88. The molecule has 2 radical (unpaired) electrons. The average molecular weight is 897 g/mol. The Labute approximate surface area is 264 Å². The van der Waals surface area contributed by atoms with Crippen molar-refractivity contribution in [2.24, 2.45) is 0 Å². The molecule has 0 spiro atoms. The van der Waals surface area contributed by atoms with Crippen LogP contribution in [0.4, 0.5) is 34.6 Å². The van der Waals surface area contributed by atoms with Gasteiger partial charge in [-0.05, 0) is 39.8 Å². The van der Waals surface area contributed by atoms with Crippen molar-refractivity contribution in [2.45, 2.75) is 39.8 Å². The molecule has 0 saturated carbocycles. The molecule has 8 nitrogen and oxygen atoms in total. The second kappa shape index (κ2) is 14.7. The summed E-state index contributed by atoms with van der Waals surface area (Å²) < 4.78 is 0. The second-order valence-corrected chi connectivity index (χ2v) is 8.88. The maximum Gasteiger partial charge on any atom is 0.144 e. The first-order valence-corrected chi connectivity index (χ1v) is 11.9. The number of halogens is 1. The van der Waals surface area contributed by atoms with Crippen LogP contribution in [0.5, 0.6) is 0 Å². The number of aromatic nitrogens is 4. The maximum atomic E-state index is 4.42. The first-order chi connectivity index (χ1) is 17.5. The Bertz CT molecular complexity index is 1200. The van der Waals surface area contributed by atoms with Crippen LogP contribution in [-0.4, -0.2) is 32.0 Å². The van der Waals surface area contributed by atoms with E-state index in [0.29, 0.717) is 12.1 Å². The molecule has 6 rings (SSSR count). The number of rotatable bonds is 4. The minimum absolute atomic E-state index is 0. The molecule has 2 aromatic carbocycles. The molecule has 0 N–H and O–H groups in total. The van der Waals surface area contributed by atoms with Gasteiger partial charge in [0.2, 0.25) is 0 Å². The van der Waals surface area contributed by atoms with Gasteiger partial charge in [-0.1, -0.05) is 0 Å². The third-order valence-electron chi connectivity index (χ3n) is 5.76. The topological polar surface area (TPSA) is 64.5 Å². The Kier molecular flexibility index (Phi) is 12.3. The molecular weight excluding hydrogens is 868 g/mol. The van der Waals surface area contributed by atoms with Crippen molar-refractivity contribution in [3.05, 3.63) is 98.8 Å². The Morgan fingerprint density at radius 2 is 0.949 bits per heavy atom. The van der Waals surface area contributed by atoms with Gasteiger partial charge in [0.15, 0.2) is 0 Å². The first kappa shape index (κ1) is 32.6. The first-order valence-electron chi connectivity index (χ1n) is 11.9. The SMILES string of the molecule is CC(C)N1[CH-]N(c2[c-]cccc2)c2nccnc21.CC(C)N1[CH-]N(c2[c-]cccc2)c2nccnc21.Cl.[Ir].[Ir]. The van der Waals surface area contributed by atoms with Crippen molar-refractivity contribution in [3.8, 4) is 0 Å². The van der Waals surface area contributed by atoms with E-state index in [2.05, 4.69) is 69.6 Å². The summed E-state index contributed by atoms with van der Waals surface area (Å²) in [5.41, 5.74) is 1.95. The van der Waals surface area contributed by atoms with Crippen molar-refractivity contribution < 1.29 is 40.2 Å². The van der Waals surface area contributed by atoms with Crippen molar-refractivity contribution >= 4 is 47.1 Å². The smallest absolute Gasteiger partial charge is 0.144 e. The zero-order valence-corrected chi connectivity index (χ0v) is 27.5. The van der Waals surface area contributed by atoms with Gasteiger partial charge in [-0.25, -0.2) is 19.9 Å². The van der Waals surface area contributed by atoms with Crippen LogP contribution >= 0.6 is 12.4 Å². The molecule has 0 aliphatic carbocycles. The van der Waals surface area contributed by atoms with Crippen LogP contribution in [0.15, 0.2) is 73.3 Å². The van der Waals surface area contributed by atoms with E-state index in [1.807, 2.05) is 71.7 Å². The molecule has 0 saturated heterocycles. The fourth-order valence-corrected chi connectivity index (χ4v) is 3.99. The van der Waals surface area contributed by atoms with Crippen LogP contribution in [0.3, 0.4) is 0 Å². The van der Waals surface area contributed by atoms with Gasteiger partial charge >= 0.3 is 0 Å². The zero-order chi connectivity index (χ0) is 25.1. The Morgan fingerprint density at radius 3 is 1.26 bits per heavy atom. The van der Waals surface area contributed by atoms with Gasteiger partial charge in [0.25, 0.3) is 0 Å². The van der Waals surface area contributed by atoms with Crippen molar-refractivity contribution in [3.63, 3.8) is 0 Å². The normalized spacial score (nSPS) is 13.1. The molecule has 39 heavy (non-hydrogen) atoms. The molecular formula is C28H29ClIr2N8-4. The van der Waals surface area contributed by atoms with Crippen LogP contribution in [0.2, 0.25) is 0 Å². The Morgan fingerprint density at radius 1 is 0.590 bits per heavy atom. The third-order valence-corrected chi connectivity index (χ3v) is 5.76. The quantitative estimate of drug-likeness (QED) is 0.234. The van der Waals surface area contributed by atoms with Crippen LogP contribution < -0.4 is 19.6 Å². The summed E-state index contributed by atoms with van der Waals surface area (Å²) in [6, 6.07) is 22.8. The number of hydrogen-bond acceptors (Lipinski definition) is 8. The molecule has 0 atom stereocenters. The van der Waals surface area contributed by atoms with E-state index in [0.717, 1.165) is 34.6 Å². The summed E-state index contributed by atoms with van der Waals surface area (Å²) in [7, 11) is 0. The zero-order valence-electron chi connectivity index (χ0n) is 21.9. The number of para-hydroxylation sites is 2. The molecule has 4 heterocycles. The standard InChI is InChI=1S/2C14H14N4.ClH.2Ir/c2*1-11(2)17-10-18(12-6-4-3-5-7-12)14-13(17)15-8-9-16-14;;;/h2*3-6,8-11H,1-2H3;1H;;/q2*-2;;;. The van der Waals surface area contributed by atoms with Gasteiger partial charge in [0.05, 0.1) is 0 Å². The predicted molar refractivity (Wildman–Crippen MR) is 150 cm³/mol. The van der Waals surface area contributed by atoms with E-state index in [1.165, 1.54) is 0 Å². The van der Waals surface area contributed by atoms with Crippen LogP contribution in [0, 0.1) is 25.5 Å². The molecule has 11 heteroatoms. The molecule has 0 fully saturated rings. The van der Waals surface area contributed by atoms with Crippen molar-refractivity contribution in [2.75, 3.05) is 19.6 Å². The summed E-state index contributed by atoms with van der Waals surface area (Å²) in [5, 5.41) is 0. The van der Waals surface area contributed by atoms with Gasteiger partial charge in [-0.3, -0.25) is 0 Å².